The second-order valence-corrected chi connectivity index (χ2v) is 11.4. The van der Waals surface area contributed by atoms with Gasteiger partial charge in [0, 0.05) is 65.7 Å². The third-order valence-electron chi connectivity index (χ3n) is 7.64. The Morgan fingerprint density at radius 3 is 2.47 bits per heavy atom. The van der Waals surface area contributed by atoms with Crippen molar-refractivity contribution in [3.63, 3.8) is 0 Å². The Morgan fingerprint density at radius 1 is 1.09 bits per heavy atom. The van der Waals surface area contributed by atoms with Gasteiger partial charge in [-0.3, -0.25) is 19.8 Å². The monoisotopic (exact) mass is 661 g/mol. The van der Waals surface area contributed by atoms with E-state index in [1.54, 1.807) is 24.9 Å². The molecule has 3 aromatic heterocycles. The number of pyridine rings is 1. The van der Waals surface area contributed by atoms with Gasteiger partial charge in [-0.2, -0.15) is 13.2 Å². The molecule has 2 N–H and O–H groups in total. The summed E-state index contributed by atoms with van der Waals surface area (Å²) in [5.74, 6) is -0.524. The molecule has 2 aliphatic rings. The van der Waals surface area contributed by atoms with Crippen molar-refractivity contribution in [3.8, 4) is 11.4 Å². The van der Waals surface area contributed by atoms with E-state index in [2.05, 4.69) is 35.3 Å². The zero-order valence-corrected chi connectivity index (χ0v) is 26.3. The van der Waals surface area contributed by atoms with Gasteiger partial charge in [-0.1, -0.05) is 5.57 Å². The molecule has 3 amide bonds. The Balaban J connectivity index is 0.00000520. The smallest absolute Gasteiger partial charge is 0.417 e. The summed E-state index contributed by atoms with van der Waals surface area (Å²) in [4.78, 5) is 50.5. The lowest BCUT2D eigenvalue weighted by molar-refractivity contribution is -0.137. The van der Waals surface area contributed by atoms with Crippen molar-refractivity contribution < 1.29 is 38.5 Å². The second-order valence-electron chi connectivity index (χ2n) is 11.4. The molecule has 0 bridgehead atoms. The lowest BCUT2D eigenvalue weighted by Gasteiger charge is -2.34. The van der Waals surface area contributed by atoms with Crippen LogP contribution >= 0.6 is 0 Å². The summed E-state index contributed by atoms with van der Waals surface area (Å²) in [5.41, 5.74) is 0.913. The number of allylic oxidation sites excluding steroid dienone is 1. The van der Waals surface area contributed by atoms with Crippen LogP contribution in [-0.2, 0) is 31.8 Å². The molecular formula is C30H38F3N9O5. The van der Waals surface area contributed by atoms with Crippen LogP contribution in [0.2, 0.25) is 0 Å². The molecule has 2 fully saturated rings. The normalized spacial score (nSPS) is 15.8. The standard InChI is InChI=1S/C30H36F3N9O5.H2/c1-19(2)12-25(43)35-16-26(44)40-6-4-39(5-7-40)17-20-13-23-28(41-8-10-47-11-9-41)37-27(38-42(23)18-20)21-15-34-24(36-29(45)46-3)14-22(21)30(31,32)33;/h12-15,18H,4-11,16-17H2,1-3H3,(H,35,43)(H,34,36,45);1H. The van der Waals surface area contributed by atoms with Gasteiger partial charge in [-0.25, -0.2) is 19.3 Å². The number of alkyl halides is 3. The zero-order chi connectivity index (χ0) is 33.7. The Hall–Kier alpha value is -4.77. The highest BCUT2D eigenvalue weighted by Gasteiger charge is 2.36. The fraction of sp³-hybridized carbons (Fsp3) is 0.467. The number of anilines is 2. The lowest BCUT2D eigenvalue weighted by atomic mass is 10.1. The number of carbonyl (C=O) groups is 3. The van der Waals surface area contributed by atoms with E-state index >= 15 is 0 Å². The summed E-state index contributed by atoms with van der Waals surface area (Å²) in [6, 6.07) is 2.63. The molecule has 2 aliphatic heterocycles. The van der Waals surface area contributed by atoms with E-state index in [9.17, 15) is 27.6 Å². The van der Waals surface area contributed by atoms with Gasteiger partial charge in [0.2, 0.25) is 11.8 Å². The summed E-state index contributed by atoms with van der Waals surface area (Å²) < 4.78 is 54.3. The number of nitrogens with one attached hydrogen (secondary N) is 2. The molecule has 3 aromatic rings. The second kappa shape index (κ2) is 14.3. The number of piperazine rings is 1. The molecule has 254 valence electrons. The Morgan fingerprint density at radius 2 is 1.81 bits per heavy atom. The van der Waals surface area contributed by atoms with Crippen LogP contribution in [0.3, 0.4) is 0 Å². The fourth-order valence-corrected chi connectivity index (χ4v) is 5.34. The van der Waals surface area contributed by atoms with E-state index in [1.165, 1.54) is 10.6 Å². The largest absolute Gasteiger partial charge is 0.453 e. The number of methoxy groups -OCH3 is 1. The number of carbonyl (C=O) groups excluding carboxylic acids is 3. The predicted molar refractivity (Wildman–Crippen MR) is 167 cm³/mol. The third-order valence-corrected chi connectivity index (χ3v) is 7.64. The molecular weight excluding hydrogens is 623 g/mol. The molecule has 5 heterocycles. The van der Waals surface area contributed by atoms with Gasteiger partial charge in [0.15, 0.2) is 11.6 Å². The first-order chi connectivity index (χ1) is 22.4. The quantitative estimate of drug-likeness (QED) is 0.346. The third kappa shape index (κ3) is 8.34. The molecule has 0 aromatic carbocycles. The van der Waals surface area contributed by atoms with Crippen molar-refractivity contribution in [3.05, 3.63) is 47.3 Å². The zero-order valence-electron chi connectivity index (χ0n) is 26.3. The maximum absolute atomic E-state index is 14.3. The van der Waals surface area contributed by atoms with Gasteiger partial charge >= 0.3 is 12.3 Å². The van der Waals surface area contributed by atoms with Crippen LogP contribution in [0.1, 0.15) is 26.4 Å². The number of hydrogen-bond donors (Lipinski definition) is 2. The van der Waals surface area contributed by atoms with E-state index in [4.69, 9.17) is 4.74 Å². The molecule has 0 spiro atoms. The van der Waals surface area contributed by atoms with Crippen molar-refractivity contribution in [1.29, 1.82) is 0 Å². The number of hydrogen-bond acceptors (Lipinski definition) is 10. The highest BCUT2D eigenvalue weighted by molar-refractivity contribution is 5.91. The number of ether oxygens (including phenoxy) is 2. The van der Waals surface area contributed by atoms with Crippen LogP contribution in [0.15, 0.2) is 36.2 Å². The number of fused-ring (bicyclic) bond motifs is 1. The number of nitrogens with zero attached hydrogens (tertiary/aromatic N) is 7. The first-order valence-corrected chi connectivity index (χ1v) is 15.0. The summed E-state index contributed by atoms with van der Waals surface area (Å²) in [7, 11) is 1.09. The molecule has 2 saturated heterocycles. The summed E-state index contributed by atoms with van der Waals surface area (Å²) >= 11 is 0. The Kier molecular flexibility index (Phi) is 10.2. The minimum absolute atomic E-state index is 0. The lowest BCUT2D eigenvalue weighted by Crippen LogP contribution is -2.50. The molecule has 17 heteroatoms. The van der Waals surface area contributed by atoms with Crippen molar-refractivity contribution in [2.45, 2.75) is 26.6 Å². The van der Waals surface area contributed by atoms with Gasteiger partial charge in [-0.15, -0.1) is 5.10 Å². The van der Waals surface area contributed by atoms with E-state index in [1.807, 2.05) is 11.0 Å². The Labute approximate surface area is 270 Å². The molecule has 0 atom stereocenters. The number of amides is 3. The predicted octanol–water partition coefficient (Wildman–Crippen LogP) is 2.80. The maximum Gasteiger partial charge on any atom is 0.417 e. The topological polar surface area (TPSA) is 147 Å². The highest BCUT2D eigenvalue weighted by Crippen LogP contribution is 2.38. The number of rotatable bonds is 8. The van der Waals surface area contributed by atoms with Gasteiger partial charge in [0.1, 0.15) is 11.3 Å². The molecule has 5 rings (SSSR count). The molecule has 0 saturated carbocycles. The molecule has 0 radical (unpaired) electrons. The average Bonchev–Trinajstić information content (AvgIpc) is 3.45. The Bertz CT molecular complexity index is 1670. The van der Waals surface area contributed by atoms with Crippen molar-refractivity contribution in [2.24, 2.45) is 0 Å². The van der Waals surface area contributed by atoms with E-state index in [-0.39, 0.29) is 37.0 Å². The number of morpholine rings is 1. The fourth-order valence-electron chi connectivity index (χ4n) is 5.34. The average molecular weight is 662 g/mol. The van der Waals surface area contributed by atoms with E-state index in [0.29, 0.717) is 70.4 Å². The van der Waals surface area contributed by atoms with Crippen LogP contribution in [0.4, 0.5) is 29.6 Å². The minimum atomic E-state index is -4.80. The van der Waals surface area contributed by atoms with Crippen molar-refractivity contribution >= 4 is 35.1 Å². The first-order valence-electron chi connectivity index (χ1n) is 15.0. The molecule has 0 aliphatic carbocycles. The highest BCUT2D eigenvalue weighted by atomic mass is 19.4. The summed E-state index contributed by atoms with van der Waals surface area (Å²) in [6.07, 6.45) is -1.57. The van der Waals surface area contributed by atoms with Crippen LogP contribution in [0.5, 0.6) is 0 Å². The number of aromatic nitrogens is 4. The van der Waals surface area contributed by atoms with Crippen molar-refractivity contribution in [2.75, 3.05) is 76.4 Å². The molecule has 0 unspecified atom stereocenters. The van der Waals surface area contributed by atoms with Gasteiger partial charge < -0.3 is 24.6 Å². The summed E-state index contributed by atoms with van der Waals surface area (Å²) in [6.45, 7) is 8.07. The van der Waals surface area contributed by atoms with Crippen LogP contribution in [0.25, 0.3) is 16.9 Å². The van der Waals surface area contributed by atoms with Crippen LogP contribution in [-0.4, -0.2) is 113 Å². The van der Waals surface area contributed by atoms with E-state index < -0.39 is 17.8 Å². The molecule has 14 nitrogen and oxygen atoms in total. The SMILES string of the molecule is COC(=O)Nc1cc(C(F)(F)F)c(-c2nc(N3CCOCC3)c3cc(CN4CCN(C(=O)CNC(=O)C=C(C)C)CC4)cn3n2)cn1.[HH]. The van der Waals surface area contributed by atoms with Gasteiger partial charge in [0.25, 0.3) is 0 Å². The van der Waals surface area contributed by atoms with Gasteiger partial charge in [0.05, 0.1) is 38.0 Å². The van der Waals surface area contributed by atoms with Crippen LogP contribution in [0, 0.1) is 0 Å². The van der Waals surface area contributed by atoms with Gasteiger partial charge in [-0.05, 0) is 31.5 Å². The molecule has 47 heavy (non-hydrogen) atoms. The minimum Gasteiger partial charge on any atom is -0.453 e. The maximum atomic E-state index is 14.3. The van der Waals surface area contributed by atoms with E-state index in [0.717, 1.165) is 30.5 Å². The number of halogens is 3. The van der Waals surface area contributed by atoms with Crippen LogP contribution < -0.4 is 15.5 Å². The summed E-state index contributed by atoms with van der Waals surface area (Å²) in [5, 5.41) is 9.24. The van der Waals surface area contributed by atoms with Crippen molar-refractivity contribution in [1.82, 2.24) is 34.7 Å². The first kappa shape index (κ1) is 33.6.